The van der Waals surface area contributed by atoms with E-state index in [1.165, 1.54) is 5.56 Å². The average molecular weight is 316 g/mol. The summed E-state index contributed by atoms with van der Waals surface area (Å²) in [6.45, 7) is 4.51. The molecule has 1 amide bonds. The molecule has 0 N–H and O–H groups in total. The van der Waals surface area contributed by atoms with Crippen LogP contribution in [0.1, 0.15) is 27.0 Å². The van der Waals surface area contributed by atoms with Gasteiger partial charge in [-0.25, -0.2) is 0 Å². The van der Waals surface area contributed by atoms with E-state index >= 15 is 0 Å². The van der Waals surface area contributed by atoms with Gasteiger partial charge in [-0.3, -0.25) is 9.78 Å². The van der Waals surface area contributed by atoms with Crippen molar-refractivity contribution >= 4 is 11.6 Å². The first-order valence-electron chi connectivity index (χ1n) is 7.98. The van der Waals surface area contributed by atoms with Gasteiger partial charge in [0.25, 0.3) is 5.91 Å². The van der Waals surface area contributed by atoms with E-state index in [4.69, 9.17) is 0 Å². The van der Waals surface area contributed by atoms with Crippen LogP contribution < -0.4 is 4.90 Å². The minimum Gasteiger partial charge on any atom is -0.304 e. The number of pyridine rings is 1. The number of nitrogens with zero attached hydrogens (tertiary/aromatic N) is 2. The van der Waals surface area contributed by atoms with Gasteiger partial charge < -0.3 is 4.90 Å². The number of carbonyl (C=O) groups excluding carboxylic acids is 1. The highest BCUT2D eigenvalue weighted by Crippen LogP contribution is 2.21. The summed E-state index contributed by atoms with van der Waals surface area (Å²) in [6, 6.07) is 19.8. The summed E-state index contributed by atoms with van der Waals surface area (Å²) >= 11 is 0. The van der Waals surface area contributed by atoms with Crippen molar-refractivity contribution in [2.45, 2.75) is 20.4 Å². The lowest BCUT2D eigenvalue weighted by Gasteiger charge is -2.24. The molecule has 0 saturated heterocycles. The Bertz CT molecular complexity index is 843. The molecule has 0 atom stereocenters. The summed E-state index contributed by atoms with van der Waals surface area (Å²) in [4.78, 5) is 19.1. The van der Waals surface area contributed by atoms with Crippen molar-refractivity contribution in [2.75, 3.05) is 4.90 Å². The van der Waals surface area contributed by atoms with Crippen molar-refractivity contribution < 1.29 is 4.79 Å². The lowest BCUT2D eigenvalue weighted by atomic mass is 10.1. The first-order valence-corrected chi connectivity index (χ1v) is 7.98. The molecule has 3 nitrogen and oxygen atoms in total. The molecule has 2 aromatic carbocycles. The van der Waals surface area contributed by atoms with E-state index in [-0.39, 0.29) is 5.91 Å². The van der Waals surface area contributed by atoms with Crippen molar-refractivity contribution in [3.05, 3.63) is 95.3 Å². The van der Waals surface area contributed by atoms with Gasteiger partial charge in [-0.05, 0) is 43.2 Å². The summed E-state index contributed by atoms with van der Waals surface area (Å²) in [6.07, 6.45) is 3.39. The Morgan fingerprint density at radius 2 is 1.79 bits per heavy atom. The van der Waals surface area contributed by atoms with Crippen molar-refractivity contribution in [3.8, 4) is 0 Å². The summed E-state index contributed by atoms with van der Waals surface area (Å²) in [5.41, 5.74) is 4.75. The Kier molecular flexibility index (Phi) is 4.71. The van der Waals surface area contributed by atoms with Crippen LogP contribution in [0.5, 0.6) is 0 Å². The number of benzene rings is 2. The number of carbonyl (C=O) groups is 1. The van der Waals surface area contributed by atoms with Crippen LogP contribution in [0.25, 0.3) is 0 Å². The van der Waals surface area contributed by atoms with Gasteiger partial charge in [0.15, 0.2) is 0 Å². The van der Waals surface area contributed by atoms with E-state index in [1.54, 1.807) is 18.5 Å². The molecule has 0 spiro atoms. The molecular weight excluding hydrogens is 296 g/mol. The second-order valence-corrected chi connectivity index (χ2v) is 5.91. The number of para-hydroxylation sites is 1. The fourth-order valence-corrected chi connectivity index (χ4v) is 2.74. The van der Waals surface area contributed by atoms with Crippen LogP contribution in [-0.2, 0) is 6.54 Å². The molecule has 3 rings (SSSR count). The number of aromatic nitrogens is 1. The summed E-state index contributed by atoms with van der Waals surface area (Å²) in [5.74, 6) is -0.0115. The summed E-state index contributed by atoms with van der Waals surface area (Å²) in [5, 5.41) is 0. The lowest BCUT2D eigenvalue weighted by Crippen LogP contribution is -2.31. The normalized spacial score (nSPS) is 10.4. The molecular formula is C21H20N2O. The van der Waals surface area contributed by atoms with Gasteiger partial charge in [0, 0.05) is 23.6 Å². The second kappa shape index (κ2) is 7.09. The predicted molar refractivity (Wildman–Crippen MR) is 97.1 cm³/mol. The molecule has 0 aliphatic rings. The zero-order valence-corrected chi connectivity index (χ0v) is 13.9. The van der Waals surface area contributed by atoms with E-state index < -0.39 is 0 Å². The zero-order valence-electron chi connectivity index (χ0n) is 13.9. The zero-order chi connectivity index (χ0) is 16.9. The van der Waals surface area contributed by atoms with Crippen molar-refractivity contribution in [2.24, 2.45) is 0 Å². The van der Waals surface area contributed by atoms with Crippen LogP contribution in [0, 0.1) is 13.8 Å². The molecule has 0 saturated carbocycles. The lowest BCUT2D eigenvalue weighted by molar-refractivity contribution is 0.0984. The van der Waals surface area contributed by atoms with Gasteiger partial charge in [0.05, 0.1) is 6.54 Å². The molecule has 1 aromatic heterocycles. The molecule has 3 heteroatoms. The number of aryl methyl sites for hydroxylation is 2. The molecule has 0 aliphatic carbocycles. The fourth-order valence-electron chi connectivity index (χ4n) is 2.74. The SMILES string of the molecule is Cc1cccc(CN(C(=O)c2ccncc2C)c2ccccc2)c1. The van der Waals surface area contributed by atoms with Crippen LogP contribution in [-0.4, -0.2) is 10.9 Å². The maximum atomic E-state index is 13.2. The summed E-state index contributed by atoms with van der Waals surface area (Å²) in [7, 11) is 0. The molecule has 24 heavy (non-hydrogen) atoms. The van der Waals surface area contributed by atoms with Crippen molar-refractivity contribution in [1.29, 1.82) is 0 Å². The quantitative estimate of drug-likeness (QED) is 0.707. The highest BCUT2D eigenvalue weighted by Gasteiger charge is 2.19. The van der Waals surface area contributed by atoms with Gasteiger partial charge in [-0.1, -0.05) is 48.0 Å². The number of amides is 1. The van der Waals surface area contributed by atoms with Gasteiger partial charge in [-0.15, -0.1) is 0 Å². The smallest absolute Gasteiger partial charge is 0.258 e. The van der Waals surface area contributed by atoms with Gasteiger partial charge in [0.2, 0.25) is 0 Å². The van der Waals surface area contributed by atoms with E-state index in [2.05, 4.69) is 30.1 Å². The van der Waals surface area contributed by atoms with Crippen LogP contribution in [0.4, 0.5) is 5.69 Å². The molecule has 1 heterocycles. The number of hydrogen-bond donors (Lipinski definition) is 0. The molecule has 0 aliphatic heterocycles. The Balaban J connectivity index is 1.99. The minimum absolute atomic E-state index is 0.0115. The first kappa shape index (κ1) is 15.9. The highest BCUT2D eigenvalue weighted by molar-refractivity contribution is 6.06. The molecule has 0 radical (unpaired) electrons. The topological polar surface area (TPSA) is 33.2 Å². The Morgan fingerprint density at radius 1 is 1.00 bits per heavy atom. The third-order valence-corrected chi connectivity index (χ3v) is 3.99. The van der Waals surface area contributed by atoms with Gasteiger partial charge in [0.1, 0.15) is 0 Å². The molecule has 0 unspecified atom stereocenters. The van der Waals surface area contributed by atoms with Gasteiger partial charge in [-0.2, -0.15) is 0 Å². The van der Waals surface area contributed by atoms with E-state index in [0.29, 0.717) is 12.1 Å². The molecule has 0 bridgehead atoms. The van der Waals surface area contributed by atoms with Crippen LogP contribution in [0.2, 0.25) is 0 Å². The first-order chi connectivity index (χ1) is 11.6. The average Bonchev–Trinajstić information content (AvgIpc) is 2.60. The van der Waals surface area contributed by atoms with Crippen LogP contribution >= 0.6 is 0 Å². The Labute approximate surface area is 142 Å². The van der Waals surface area contributed by atoms with Crippen molar-refractivity contribution in [1.82, 2.24) is 4.98 Å². The third-order valence-electron chi connectivity index (χ3n) is 3.99. The van der Waals surface area contributed by atoms with Crippen molar-refractivity contribution in [3.63, 3.8) is 0 Å². The largest absolute Gasteiger partial charge is 0.304 e. The second-order valence-electron chi connectivity index (χ2n) is 5.91. The minimum atomic E-state index is -0.0115. The maximum Gasteiger partial charge on any atom is 0.258 e. The molecule has 120 valence electrons. The number of anilines is 1. The van der Waals surface area contributed by atoms with E-state index in [9.17, 15) is 4.79 Å². The standard InChI is InChI=1S/C21H20N2O/c1-16-7-6-8-18(13-16)15-23(19-9-4-3-5-10-19)21(24)20-11-12-22-14-17(20)2/h3-14H,15H2,1-2H3. The van der Waals surface area contributed by atoms with E-state index in [1.807, 2.05) is 48.2 Å². The Morgan fingerprint density at radius 3 is 2.50 bits per heavy atom. The van der Waals surface area contributed by atoms with Gasteiger partial charge >= 0.3 is 0 Å². The number of hydrogen-bond acceptors (Lipinski definition) is 2. The third kappa shape index (κ3) is 3.51. The number of rotatable bonds is 4. The van der Waals surface area contributed by atoms with E-state index in [0.717, 1.165) is 16.8 Å². The monoisotopic (exact) mass is 316 g/mol. The predicted octanol–water partition coefficient (Wildman–Crippen LogP) is 4.55. The fraction of sp³-hybridized carbons (Fsp3) is 0.143. The molecule has 0 fully saturated rings. The summed E-state index contributed by atoms with van der Waals surface area (Å²) < 4.78 is 0. The van der Waals surface area contributed by atoms with Crippen LogP contribution in [0.15, 0.2) is 73.1 Å². The highest BCUT2D eigenvalue weighted by atomic mass is 16.2. The molecule has 3 aromatic rings. The maximum absolute atomic E-state index is 13.2. The van der Waals surface area contributed by atoms with Crippen LogP contribution in [0.3, 0.4) is 0 Å². The Hall–Kier alpha value is -2.94.